The van der Waals surface area contributed by atoms with Gasteiger partial charge >= 0.3 is 0 Å². The Morgan fingerprint density at radius 3 is 2.58 bits per heavy atom. The Morgan fingerprint density at radius 2 is 1.88 bits per heavy atom. The molecule has 1 atom stereocenters. The Morgan fingerprint density at radius 1 is 1.12 bits per heavy atom. The summed E-state index contributed by atoms with van der Waals surface area (Å²) in [6, 6.07) is 15.7. The Hall–Kier alpha value is -2.62. The highest BCUT2D eigenvalue weighted by Crippen LogP contribution is 2.22. The molecule has 0 unspecified atom stereocenters. The van der Waals surface area contributed by atoms with E-state index in [2.05, 4.69) is 5.32 Å². The lowest BCUT2D eigenvalue weighted by molar-refractivity contribution is -0.128. The lowest BCUT2D eigenvalue weighted by atomic mass is 10.1. The van der Waals surface area contributed by atoms with E-state index in [1.807, 2.05) is 62.4 Å². The summed E-state index contributed by atoms with van der Waals surface area (Å²) < 4.78 is 0. The molecule has 0 aliphatic carbocycles. The van der Waals surface area contributed by atoms with Gasteiger partial charge in [-0.2, -0.15) is 0 Å². The predicted octanol–water partition coefficient (Wildman–Crippen LogP) is 3.29. The molecule has 4 nitrogen and oxygen atoms in total. The van der Waals surface area contributed by atoms with Crippen LogP contribution < -0.4 is 5.32 Å². The molecule has 0 bridgehead atoms. The van der Waals surface area contributed by atoms with Crippen molar-refractivity contribution in [3.8, 4) is 0 Å². The standard InChI is InChI=1S/C20H22N2O2/c1-14-8-9-18(10-15(14)2)21-20(24)17-11-19(23)22(13-17)12-16-6-4-3-5-7-16/h3-10,17H,11-13H2,1-2H3,(H,21,24)/t17-/m1/s1. The van der Waals surface area contributed by atoms with Crippen LogP contribution in [0.3, 0.4) is 0 Å². The number of amides is 2. The molecular weight excluding hydrogens is 300 g/mol. The van der Waals surface area contributed by atoms with Gasteiger partial charge in [0.2, 0.25) is 11.8 Å². The van der Waals surface area contributed by atoms with Gasteiger partial charge in [-0.05, 0) is 42.7 Å². The first-order chi connectivity index (χ1) is 11.5. The van der Waals surface area contributed by atoms with E-state index in [9.17, 15) is 9.59 Å². The topological polar surface area (TPSA) is 49.4 Å². The Bertz CT molecular complexity index is 755. The number of likely N-dealkylation sites (tertiary alicyclic amines) is 1. The zero-order valence-electron chi connectivity index (χ0n) is 14.1. The van der Waals surface area contributed by atoms with E-state index >= 15 is 0 Å². The van der Waals surface area contributed by atoms with Crippen LogP contribution in [0.1, 0.15) is 23.1 Å². The van der Waals surface area contributed by atoms with Gasteiger partial charge in [0.25, 0.3) is 0 Å². The summed E-state index contributed by atoms with van der Waals surface area (Å²) in [4.78, 5) is 26.4. The number of aryl methyl sites for hydroxylation is 2. The molecule has 24 heavy (non-hydrogen) atoms. The fraction of sp³-hybridized carbons (Fsp3) is 0.300. The quantitative estimate of drug-likeness (QED) is 0.939. The third-order valence-electron chi connectivity index (χ3n) is 4.58. The van der Waals surface area contributed by atoms with Crippen molar-refractivity contribution in [3.63, 3.8) is 0 Å². The normalized spacial score (nSPS) is 17.2. The van der Waals surface area contributed by atoms with Crippen molar-refractivity contribution < 1.29 is 9.59 Å². The van der Waals surface area contributed by atoms with Gasteiger partial charge in [0.15, 0.2) is 0 Å². The maximum Gasteiger partial charge on any atom is 0.229 e. The zero-order valence-corrected chi connectivity index (χ0v) is 14.1. The van der Waals surface area contributed by atoms with E-state index in [4.69, 9.17) is 0 Å². The largest absolute Gasteiger partial charge is 0.338 e. The molecule has 1 aliphatic rings. The van der Waals surface area contributed by atoms with Crippen LogP contribution in [0.5, 0.6) is 0 Å². The van der Waals surface area contributed by atoms with Crippen LogP contribution in [0.25, 0.3) is 0 Å². The van der Waals surface area contributed by atoms with Gasteiger partial charge < -0.3 is 10.2 Å². The molecule has 3 rings (SSSR count). The molecule has 1 saturated heterocycles. The molecule has 124 valence electrons. The summed E-state index contributed by atoms with van der Waals surface area (Å²) in [7, 11) is 0. The van der Waals surface area contributed by atoms with Crippen LogP contribution in [0.15, 0.2) is 48.5 Å². The number of hydrogen-bond acceptors (Lipinski definition) is 2. The molecule has 2 amide bonds. The van der Waals surface area contributed by atoms with Crippen molar-refractivity contribution in [3.05, 3.63) is 65.2 Å². The number of carbonyl (C=O) groups is 2. The Balaban J connectivity index is 1.62. The van der Waals surface area contributed by atoms with Gasteiger partial charge in [0, 0.05) is 25.2 Å². The van der Waals surface area contributed by atoms with Gasteiger partial charge in [-0.15, -0.1) is 0 Å². The third-order valence-corrected chi connectivity index (χ3v) is 4.58. The van der Waals surface area contributed by atoms with Crippen molar-refractivity contribution in [2.24, 2.45) is 5.92 Å². The number of nitrogens with one attached hydrogen (secondary N) is 1. The number of benzene rings is 2. The summed E-state index contributed by atoms with van der Waals surface area (Å²) in [5.74, 6) is -0.330. The first kappa shape index (κ1) is 16.2. The van der Waals surface area contributed by atoms with Crippen molar-refractivity contribution >= 4 is 17.5 Å². The second-order valence-corrected chi connectivity index (χ2v) is 6.45. The molecule has 0 saturated carbocycles. The fourth-order valence-electron chi connectivity index (χ4n) is 2.97. The van der Waals surface area contributed by atoms with Gasteiger partial charge in [0.05, 0.1) is 5.92 Å². The van der Waals surface area contributed by atoms with Gasteiger partial charge in [0.1, 0.15) is 0 Å². The SMILES string of the molecule is Cc1ccc(NC(=O)[C@@H]2CC(=O)N(Cc3ccccc3)C2)cc1C. The Labute approximate surface area is 142 Å². The van der Waals surface area contributed by atoms with Crippen LogP contribution in [0.2, 0.25) is 0 Å². The zero-order chi connectivity index (χ0) is 17.1. The summed E-state index contributed by atoms with van der Waals surface area (Å²) >= 11 is 0. The fourth-order valence-corrected chi connectivity index (χ4v) is 2.97. The summed E-state index contributed by atoms with van der Waals surface area (Å²) in [6.07, 6.45) is 0.281. The average molecular weight is 322 g/mol. The summed E-state index contributed by atoms with van der Waals surface area (Å²) in [5, 5.41) is 2.94. The minimum Gasteiger partial charge on any atom is -0.338 e. The minimum absolute atomic E-state index is 0.0408. The highest BCUT2D eigenvalue weighted by molar-refractivity contribution is 5.97. The summed E-state index contributed by atoms with van der Waals surface area (Å²) in [5.41, 5.74) is 4.21. The van der Waals surface area contributed by atoms with Crippen LogP contribution in [-0.2, 0) is 16.1 Å². The molecule has 2 aromatic carbocycles. The molecule has 0 spiro atoms. The lowest BCUT2D eigenvalue weighted by Crippen LogP contribution is -2.28. The van der Waals surface area contributed by atoms with Crippen molar-refractivity contribution in [1.82, 2.24) is 4.90 Å². The first-order valence-electron chi connectivity index (χ1n) is 8.23. The minimum atomic E-state index is -0.289. The monoisotopic (exact) mass is 322 g/mol. The smallest absolute Gasteiger partial charge is 0.229 e. The van der Waals surface area contributed by atoms with Gasteiger partial charge in [-0.3, -0.25) is 9.59 Å². The van der Waals surface area contributed by atoms with Crippen LogP contribution in [0.4, 0.5) is 5.69 Å². The average Bonchev–Trinajstić information content (AvgIpc) is 2.93. The van der Waals surface area contributed by atoms with Gasteiger partial charge in [-0.25, -0.2) is 0 Å². The first-order valence-corrected chi connectivity index (χ1v) is 8.23. The van der Waals surface area contributed by atoms with E-state index in [1.165, 1.54) is 5.56 Å². The third kappa shape index (κ3) is 3.65. The molecule has 4 heteroatoms. The molecule has 1 N–H and O–H groups in total. The molecule has 0 aromatic heterocycles. The van der Waals surface area contributed by atoms with E-state index in [0.29, 0.717) is 13.1 Å². The maximum absolute atomic E-state index is 12.5. The molecule has 1 fully saturated rings. The maximum atomic E-state index is 12.5. The number of nitrogens with zero attached hydrogens (tertiary/aromatic N) is 1. The lowest BCUT2D eigenvalue weighted by Gasteiger charge is -2.17. The van der Waals surface area contributed by atoms with Crippen molar-refractivity contribution in [2.45, 2.75) is 26.8 Å². The second kappa shape index (κ2) is 6.87. The van der Waals surface area contributed by atoms with Crippen LogP contribution in [-0.4, -0.2) is 23.3 Å². The van der Waals surface area contributed by atoms with Crippen molar-refractivity contribution in [1.29, 1.82) is 0 Å². The van der Waals surface area contributed by atoms with Gasteiger partial charge in [-0.1, -0.05) is 36.4 Å². The highest BCUT2D eigenvalue weighted by Gasteiger charge is 2.34. The number of anilines is 1. The van der Waals surface area contributed by atoms with E-state index in [1.54, 1.807) is 4.90 Å². The molecular formula is C20H22N2O2. The number of carbonyl (C=O) groups excluding carboxylic acids is 2. The molecule has 0 radical (unpaired) electrons. The molecule has 2 aromatic rings. The molecule has 1 aliphatic heterocycles. The Kier molecular flexibility index (Phi) is 4.65. The van der Waals surface area contributed by atoms with Crippen LogP contribution >= 0.6 is 0 Å². The van der Waals surface area contributed by atoms with E-state index in [-0.39, 0.29) is 24.2 Å². The van der Waals surface area contributed by atoms with E-state index < -0.39 is 0 Å². The number of rotatable bonds is 4. The van der Waals surface area contributed by atoms with Crippen LogP contribution in [0, 0.1) is 19.8 Å². The van der Waals surface area contributed by atoms with E-state index in [0.717, 1.165) is 16.8 Å². The second-order valence-electron chi connectivity index (χ2n) is 6.45. The predicted molar refractivity (Wildman–Crippen MR) is 94.5 cm³/mol. The summed E-state index contributed by atoms with van der Waals surface area (Å²) in [6.45, 7) is 5.10. The van der Waals surface area contributed by atoms with Crippen molar-refractivity contribution in [2.75, 3.05) is 11.9 Å². The molecule has 1 heterocycles. The number of hydrogen-bond donors (Lipinski definition) is 1. The highest BCUT2D eigenvalue weighted by atomic mass is 16.2.